The molecule has 14 nitrogen and oxygen atoms in total. The Morgan fingerprint density at radius 1 is 1.20 bits per heavy atom. The Bertz CT molecular complexity index is 1760. The number of hydrogen-bond acceptors (Lipinski definition) is 10. The van der Waals surface area contributed by atoms with Crippen LogP contribution in [0.15, 0.2) is 30.9 Å². The summed E-state index contributed by atoms with van der Waals surface area (Å²) in [6, 6.07) is 2.09. The summed E-state index contributed by atoms with van der Waals surface area (Å²) >= 11 is 0. The molecule has 3 aliphatic carbocycles. The van der Waals surface area contributed by atoms with E-state index in [0.29, 0.717) is 37.0 Å². The molecular weight excluding hydrogens is 654 g/mol. The summed E-state index contributed by atoms with van der Waals surface area (Å²) in [4.78, 5) is 59.0. The van der Waals surface area contributed by atoms with E-state index in [1.54, 1.807) is 25.0 Å². The van der Waals surface area contributed by atoms with Gasteiger partial charge in [-0.25, -0.2) is 22.7 Å². The van der Waals surface area contributed by atoms with Crippen molar-refractivity contribution in [2.75, 3.05) is 20.2 Å². The van der Waals surface area contributed by atoms with E-state index in [1.807, 2.05) is 18.2 Å². The highest BCUT2D eigenvalue weighted by Crippen LogP contribution is 2.41. The van der Waals surface area contributed by atoms with E-state index in [2.05, 4.69) is 16.6 Å². The maximum Gasteiger partial charge on any atom is 0.405 e. The molecule has 3 unspecified atom stereocenters. The van der Waals surface area contributed by atoms with Gasteiger partial charge in [0.25, 0.3) is 0 Å². The van der Waals surface area contributed by atoms with Crippen molar-refractivity contribution in [3.8, 4) is 11.5 Å². The number of aromatic nitrogens is 1. The number of likely N-dealkylation sites (tertiary alicyclic amines) is 1. The number of amides is 4. The summed E-state index contributed by atoms with van der Waals surface area (Å²) in [6.07, 6.45) is 5.38. The van der Waals surface area contributed by atoms with Crippen LogP contribution in [0.25, 0.3) is 10.9 Å². The molecular formula is C34H43N5O9S. The van der Waals surface area contributed by atoms with Gasteiger partial charge in [0.05, 0.1) is 30.0 Å². The molecule has 1 saturated heterocycles. The first-order valence-corrected chi connectivity index (χ1v) is 18.3. The summed E-state index contributed by atoms with van der Waals surface area (Å²) in [5.74, 6) is 0.0317. The Hall–Kier alpha value is -4.24. The number of imide groups is 1. The van der Waals surface area contributed by atoms with Crippen LogP contribution in [-0.4, -0.2) is 102 Å². The highest BCUT2D eigenvalue weighted by Gasteiger charge is 2.51. The Morgan fingerprint density at radius 3 is 2.61 bits per heavy atom. The largest absolute Gasteiger partial charge is 0.497 e. The van der Waals surface area contributed by atoms with Gasteiger partial charge in [-0.05, 0) is 68.9 Å². The number of hydrogen-bond donors (Lipinski definition) is 3. The highest BCUT2D eigenvalue weighted by atomic mass is 32.2. The van der Waals surface area contributed by atoms with Crippen molar-refractivity contribution in [3.63, 3.8) is 0 Å². The zero-order valence-corrected chi connectivity index (χ0v) is 28.5. The van der Waals surface area contributed by atoms with Crippen LogP contribution in [0.5, 0.6) is 11.5 Å². The van der Waals surface area contributed by atoms with E-state index in [4.69, 9.17) is 14.5 Å². The minimum Gasteiger partial charge on any atom is -0.497 e. The first-order chi connectivity index (χ1) is 23.4. The summed E-state index contributed by atoms with van der Waals surface area (Å²) in [5, 5.41) is 11.7. The average Bonchev–Trinajstić information content (AvgIpc) is 4.01. The number of urea groups is 1. The van der Waals surface area contributed by atoms with Crippen molar-refractivity contribution in [2.24, 2.45) is 11.8 Å². The van der Waals surface area contributed by atoms with E-state index in [-0.39, 0.29) is 25.4 Å². The third kappa shape index (κ3) is 7.37. The van der Waals surface area contributed by atoms with Gasteiger partial charge in [0, 0.05) is 48.3 Å². The van der Waals surface area contributed by atoms with Crippen molar-refractivity contribution < 1.29 is 42.2 Å². The van der Waals surface area contributed by atoms with Crippen molar-refractivity contribution in [1.29, 1.82) is 0 Å². The molecule has 1 aliphatic heterocycles. The maximum absolute atomic E-state index is 14.5. The fraction of sp³-hybridized carbons (Fsp3) is 0.559. The lowest BCUT2D eigenvalue weighted by atomic mass is 9.93. The minimum atomic E-state index is -3.94. The van der Waals surface area contributed by atoms with Crippen molar-refractivity contribution >= 4 is 45.2 Å². The van der Waals surface area contributed by atoms with E-state index in [9.17, 15) is 32.7 Å². The fourth-order valence-electron chi connectivity index (χ4n) is 7.09. The number of carbonyl (C=O) groups is 4. The number of aryl methyl sites for hydroxylation is 1. The fourth-order valence-corrected chi connectivity index (χ4v) is 8.35. The van der Waals surface area contributed by atoms with Gasteiger partial charge >= 0.3 is 12.1 Å². The first-order valence-electron chi connectivity index (χ1n) is 16.8. The molecule has 1 aromatic heterocycles. The molecule has 0 bridgehead atoms. The number of pyridine rings is 1. The normalized spacial score (nSPS) is 24.6. The van der Waals surface area contributed by atoms with Crippen molar-refractivity contribution in [2.45, 2.75) is 87.8 Å². The molecule has 2 heterocycles. The van der Waals surface area contributed by atoms with Crippen LogP contribution in [0, 0.1) is 11.8 Å². The average molecular weight is 698 g/mol. The second kappa shape index (κ2) is 13.9. The first kappa shape index (κ1) is 34.6. The predicted octanol–water partition coefficient (Wildman–Crippen LogP) is 3.02. The van der Waals surface area contributed by atoms with Crippen molar-refractivity contribution in [1.82, 2.24) is 24.8 Å². The van der Waals surface area contributed by atoms with Crippen LogP contribution in [0.1, 0.15) is 56.7 Å². The molecule has 3 N–H and O–H groups in total. The van der Waals surface area contributed by atoms with Crippen LogP contribution in [-0.2, 0) is 32.5 Å². The molecule has 2 aromatic rings. The predicted molar refractivity (Wildman–Crippen MR) is 179 cm³/mol. The summed E-state index contributed by atoms with van der Waals surface area (Å²) < 4.78 is 39.9. The Balaban J connectivity index is 1.32. The Kier molecular flexibility index (Phi) is 9.85. The van der Waals surface area contributed by atoms with Gasteiger partial charge in [0.2, 0.25) is 15.9 Å². The highest BCUT2D eigenvalue weighted by molar-refractivity contribution is 7.90. The zero-order valence-electron chi connectivity index (χ0n) is 27.7. The molecule has 2 saturated carbocycles. The molecule has 6 rings (SSSR count). The second-order valence-corrected chi connectivity index (χ2v) is 15.5. The summed E-state index contributed by atoms with van der Waals surface area (Å²) in [7, 11) is -2.35. The number of nitrogens with one attached hydrogen (secondary N) is 2. The lowest BCUT2D eigenvalue weighted by Gasteiger charge is -2.31. The molecule has 49 heavy (non-hydrogen) atoms. The number of methoxy groups -OCH3 is 1. The Labute approximate surface area is 285 Å². The molecule has 0 spiro atoms. The third-order valence-corrected chi connectivity index (χ3v) is 11.8. The summed E-state index contributed by atoms with van der Waals surface area (Å²) in [5.41, 5.74) is 2.70. The molecule has 264 valence electrons. The van der Waals surface area contributed by atoms with Gasteiger partial charge in [0.1, 0.15) is 23.9 Å². The third-order valence-electron chi connectivity index (χ3n) is 10.0. The van der Waals surface area contributed by atoms with Crippen LogP contribution in [0.3, 0.4) is 0 Å². The number of nitrogens with zero attached hydrogens (tertiary/aromatic N) is 3. The van der Waals surface area contributed by atoms with Gasteiger partial charge in [-0.2, -0.15) is 0 Å². The Morgan fingerprint density at radius 2 is 1.96 bits per heavy atom. The second-order valence-electron chi connectivity index (χ2n) is 13.6. The number of carbonyl (C=O) groups excluding carboxylic acids is 3. The van der Waals surface area contributed by atoms with Gasteiger partial charge < -0.3 is 24.7 Å². The number of aldehydes is 1. The lowest BCUT2D eigenvalue weighted by molar-refractivity contribution is -0.133. The molecule has 1 aromatic carbocycles. The monoisotopic (exact) mass is 697 g/mol. The number of sulfonamides is 1. The van der Waals surface area contributed by atoms with E-state index in [0.717, 1.165) is 52.7 Å². The summed E-state index contributed by atoms with van der Waals surface area (Å²) in [6.45, 7) is 5.86. The van der Waals surface area contributed by atoms with Gasteiger partial charge in [-0.1, -0.05) is 13.0 Å². The topological polar surface area (TPSA) is 185 Å². The molecule has 0 radical (unpaired) electrons. The van der Waals surface area contributed by atoms with E-state index >= 15 is 0 Å². The number of benzene rings is 1. The van der Waals surface area contributed by atoms with E-state index in [1.165, 1.54) is 0 Å². The number of fused-ring (bicyclic) bond motifs is 2. The van der Waals surface area contributed by atoms with Gasteiger partial charge in [0.15, 0.2) is 0 Å². The lowest BCUT2D eigenvalue weighted by Crippen LogP contribution is -2.55. The quantitative estimate of drug-likeness (QED) is 0.207. The standard InChI is InChI=1S/C34H43N5O9S/c1-4-20-13-29(20)39(33(42)37-49(45,46)23-10-11-23)32(41)30-15-22(17-38(30)16-19(2)28(18-40)36-34(43)44)48-31-24-7-5-6-8-26(24)35-27-14-21(47-3)9-12-25(27)31/h4,9,12,14,18-20,22-23,28-30,36H,1,5-8,10-11,13,15-17H2,2-3H3,(H,37,42)(H,43,44)/t19?,20?,22-,28-,29?,30+/m1/s1. The van der Waals surface area contributed by atoms with Crippen LogP contribution in [0.2, 0.25) is 0 Å². The number of ether oxygens (including phenoxy) is 2. The SMILES string of the molecule is C=CC1CC1N(C(=O)NS(=O)(=O)C1CC1)C(=O)[C@@H]1C[C@@H](Oc2c3c(nc4cc(OC)ccc24)CCCC3)CN1CC(C)[C@@H](C=O)NC(=O)O. The van der Waals surface area contributed by atoms with Crippen LogP contribution in [0.4, 0.5) is 9.59 Å². The minimum absolute atomic E-state index is 0.123. The van der Waals surface area contributed by atoms with Crippen LogP contribution < -0.4 is 19.5 Å². The zero-order chi connectivity index (χ0) is 35.0. The number of rotatable bonds is 13. The van der Waals surface area contributed by atoms with Gasteiger partial charge in [-0.3, -0.25) is 19.6 Å². The number of carboxylic acid groups (broad SMARTS) is 1. The van der Waals surface area contributed by atoms with Crippen LogP contribution >= 0.6 is 0 Å². The van der Waals surface area contributed by atoms with E-state index < -0.39 is 63.5 Å². The molecule has 3 fully saturated rings. The smallest absolute Gasteiger partial charge is 0.405 e. The molecule has 4 aliphatic rings. The molecule has 15 heteroatoms. The van der Waals surface area contributed by atoms with Gasteiger partial charge in [-0.15, -0.1) is 6.58 Å². The van der Waals surface area contributed by atoms with Crippen molar-refractivity contribution in [3.05, 3.63) is 42.1 Å². The molecule has 4 amide bonds. The maximum atomic E-state index is 14.5. The molecule has 6 atom stereocenters.